The van der Waals surface area contributed by atoms with Gasteiger partial charge in [0.2, 0.25) is 5.91 Å². The number of aryl methyl sites for hydroxylation is 2. The van der Waals surface area contributed by atoms with Crippen LogP contribution in [0.5, 0.6) is 0 Å². The van der Waals surface area contributed by atoms with Crippen LogP contribution in [-0.4, -0.2) is 36.5 Å². The van der Waals surface area contributed by atoms with Crippen LogP contribution in [0.25, 0.3) is 0 Å². The standard InChI is InChI=1S/C13H23N5OS/c1-5-14-11(19)7-16-13(15-6-2)17-8-12-18-9(3)10(4)20-12/h5-8H2,1-4H3,(H,14,19)(H2,15,16,17). The number of aliphatic imine (C=N–C) groups is 1. The van der Waals surface area contributed by atoms with E-state index in [4.69, 9.17) is 0 Å². The van der Waals surface area contributed by atoms with E-state index in [1.807, 2.05) is 20.8 Å². The quantitative estimate of drug-likeness (QED) is 0.540. The van der Waals surface area contributed by atoms with Gasteiger partial charge in [-0.3, -0.25) is 4.79 Å². The average Bonchev–Trinajstić information content (AvgIpc) is 2.72. The topological polar surface area (TPSA) is 78.4 Å². The number of aromatic nitrogens is 1. The van der Waals surface area contributed by atoms with E-state index in [9.17, 15) is 4.79 Å². The summed E-state index contributed by atoms with van der Waals surface area (Å²) in [5.41, 5.74) is 1.07. The summed E-state index contributed by atoms with van der Waals surface area (Å²) in [5.74, 6) is 0.551. The minimum atomic E-state index is -0.0781. The van der Waals surface area contributed by atoms with E-state index in [1.165, 1.54) is 4.88 Å². The molecule has 1 aromatic heterocycles. The lowest BCUT2D eigenvalue weighted by atomic mass is 10.4. The lowest BCUT2D eigenvalue weighted by molar-refractivity contribution is -0.119. The summed E-state index contributed by atoms with van der Waals surface area (Å²) >= 11 is 1.67. The van der Waals surface area contributed by atoms with Crippen molar-refractivity contribution in [2.75, 3.05) is 19.6 Å². The first-order chi connectivity index (χ1) is 9.56. The van der Waals surface area contributed by atoms with E-state index in [0.29, 0.717) is 19.0 Å². The van der Waals surface area contributed by atoms with Gasteiger partial charge in [-0.05, 0) is 27.7 Å². The monoisotopic (exact) mass is 297 g/mol. The molecule has 0 fully saturated rings. The van der Waals surface area contributed by atoms with Crippen LogP contribution in [0.4, 0.5) is 0 Å². The van der Waals surface area contributed by atoms with Gasteiger partial charge in [0.15, 0.2) is 5.96 Å². The molecular formula is C13H23N5OS. The van der Waals surface area contributed by atoms with Crippen LogP contribution >= 0.6 is 11.3 Å². The van der Waals surface area contributed by atoms with Gasteiger partial charge in [0.05, 0.1) is 12.2 Å². The number of carbonyl (C=O) groups excluding carboxylic acids is 1. The number of hydrogen-bond acceptors (Lipinski definition) is 4. The molecule has 0 aliphatic heterocycles. The SMILES string of the molecule is CCNC(=O)CN=C(NCC)NCc1nc(C)c(C)s1. The van der Waals surface area contributed by atoms with Gasteiger partial charge in [0, 0.05) is 18.0 Å². The van der Waals surface area contributed by atoms with Gasteiger partial charge in [0.25, 0.3) is 0 Å². The number of nitrogens with zero attached hydrogens (tertiary/aromatic N) is 2. The van der Waals surface area contributed by atoms with Gasteiger partial charge in [-0.1, -0.05) is 0 Å². The number of likely N-dealkylation sites (N-methyl/N-ethyl adjacent to an activating group) is 1. The molecule has 20 heavy (non-hydrogen) atoms. The third-order valence-corrected chi connectivity index (χ3v) is 3.65. The lowest BCUT2D eigenvalue weighted by Gasteiger charge is -2.09. The molecule has 0 atom stereocenters. The van der Waals surface area contributed by atoms with E-state index >= 15 is 0 Å². The first-order valence-corrected chi connectivity index (χ1v) is 7.60. The number of guanidine groups is 1. The summed E-state index contributed by atoms with van der Waals surface area (Å²) in [7, 11) is 0. The van der Waals surface area contributed by atoms with Crippen molar-refractivity contribution < 1.29 is 4.79 Å². The number of amides is 1. The van der Waals surface area contributed by atoms with Gasteiger partial charge >= 0.3 is 0 Å². The Morgan fingerprint density at radius 1 is 1.20 bits per heavy atom. The van der Waals surface area contributed by atoms with Crippen LogP contribution < -0.4 is 16.0 Å². The Kier molecular flexibility index (Phi) is 7.00. The zero-order chi connectivity index (χ0) is 15.0. The zero-order valence-electron chi connectivity index (χ0n) is 12.5. The Bertz CT molecular complexity index is 450. The highest BCUT2D eigenvalue weighted by Crippen LogP contribution is 2.15. The first-order valence-electron chi connectivity index (χ1n) is 6.78. The third kappa shape index (κ3) is 5.56. The molecule has 0 aliphatic rings. The summed E-state index contributed by atoms with van der Waals surface area (Å²) < 4.78 is 0. The van der Waals surface area contributed by atoms with E-state index in [2.05, 4.69) is 32.9 Å². The summed E-state index contributed by atoms with van der Waals surface area (Å²) in [4.78, 5) is 21.3. The second kappa shape index (κ2) is 8.52. The van der Waals surface area contributed by atoms with E-state index in [0.717, 1.165) is 17.2 Å². The first kappa shape index (κ1) is 16.4. The van der Waals surface area contributed by atoms with Crippen molar-refractivity contribution in [2.45, 2.75) is 34.2 Å². The highest BCUT2D eigenvalue weighted by molar-refractivity contribution is 7.11. The maximum atomic E-state index is 11.4. The maximum Gasteiger partial charge on any atom is 0.241 e. The number of rotatable bonds is 6. The Morgan fingerprint density at radius 2 is 1.90 bits per heavy atom. The zero-order valence-corrected chi connectivity index (χ0v) is 13.4. The van der Waals surface area contributed by atoms with Crippen molar-refractivity contribution in [1.29, 1.82) is 0 Å². The Hall–Kier alpha value is -1.63. The van der Waals surface area contributed by atoms with Crippen LogP contribution in [0.2, 0.25) is 0 Å². The van der Waals surface area contributed by atoms with Crippen LogP contribution in [0, 0.1) is 13.8 Å². The number of carbonyl (C=O) groups is 1. The molecule has 0 aromatic carbocycles. The Morgan fingerprint density at radius 3 is 2.45 bits per heavy atom. The normalized spacial score (nSPS) is 11.3. The van der Waals surface area contributed by atoms with Crippen LogP contribution in [0.1, 0.15) is 29.4 Å². The minimum Gasteiger partial charge on any atom is -0.357 e. The van der Waals surface area contributed by atoms with E-state index in [1.54, 1.807) is 11.3 Å². The fourth-order valence-corrected chi connectivity index (χ4v) is 2.39. The largest absolute Gasteiger partial charge is 0.357 e. The second-order valence-electron chi connectivity index (χ2n) is 4.25. The Balaban J connectivity index is 2.53. The number of thiazole rings is 1. The molecule has 1 rings (SSSR count). The molecule has 0 saturated carbocycles. The fourth-order valence-electron chi connectivity index (χ4n) is 1.52. The summed E-state index contributed by atoms with van der Waals surface area (Å²) in [6.45, 7) is 10.0. The lowest BCUT2D eigenvalue weighted by Crippen LogP contribution is -2.38. The smallest absolute Gasteiger partial charge is 0.241 e. The molecule has 1 aromatic rings. The minimum absolute atomic E-state index is 0.0781. The van der Waals surface area contributed by atoms with E-state index < -0.39 is 0 Å². The summed E-state index contributed by atoms with van der Waals surface area (Å²) in [6, 6.07) is 0. The Labute approximate surface area is 124 Å². The van der Waals surface area contributed by atoms with Crippen molar-refractivity contribution in [3.8, 4) is 0 Å². The van der Waals surface area contributed by atoms with Gasteiger partial charge < -0.3 is 16.0 Å². The number of hydrogen-bond donors (Lipinski definition) is 3. The fraction of sp³-hybridized carbons (Fsp3) is 0.615. The molecule has 0 spiro atoms. The van der Waals surface area contributed by atoms with E-state index in [-0.39, 0.29) is 12.5 Å². The van der Waals surface area contributed by atoms with Gasteiger partial charge in [-0.25, -0.2) is 9.98 Å². The predicted molar refractivity (Wildman–Crippen MR) is 83.1 cm³/mol. The number of nitrogens with one attached hydrogen (secondary N) is 3. The molecule has 0 radical (unpaired) electrons. The molecular weight excluding hydrogens is 274 g/mol. The van der Waals surface area contributed by atoms with Gasteiger partial charge in [-0.15, -0.1) is 11.3 Å². The van der Waals surface area contributed by atoms with Gasteiger partial charge in [0.1, 0.15) is 11.6 Å². The highest BCUT2D eigenvalue weighted by atomic mass is 32.1. The molecule has 6 nitrogen and oxygen atoms in total. The van der Waals surface area contributed by atoms with Crippen molar-refractivity contribution in [2.24, 2.45) is 4.99 Å². The molecule has 1 amide bonds. The van der Waals surface area contributed by atoms with Crippen molar-refractivity contribution >= 4 is 23.2 Å². The van der Waals surface area contributed by atoms with Crippen molar-refractivity contribution in [3.05, 3.63) is 15.6 Å². The maximum absolute atomic E-state index is 11.4. The molecule has 0 aliphatic carbocycles. The van der Waals surface area contributed by atoms with Crippen molar-refractivity contribution in [1.82, 2.24) is 20.9 Å². The second-order valence-corrected chi connectivity index (χ2v) is 5.54. The predicted octanol–water partition coefficient (Wildman–Crippen LogP) is 0.951. The molecule has 3 N–H and O–H groups in total. The van der Waals surface area contributed by atoms with Crippen LogP contribution in [-0.2, 0) is 11.3 Å². The molecule has 112 valence electrons. The molecule has 0 saturated heterocycles. The van der Waals surface area contributed by atoms with Crippen molar-refractivity contribution in [3.63, 3.8) is 0 Å². The third-order valence-electron chi connectivity index (χ3n) is 2.58. The average molecular weight is 297 g/mol. The van der Waals surface area contributed by atoms with Gasteiger partial charge in [-0.2, -0.15) is 0 Å². The molecule has 0 unspecified atom stereocenters. The molecule has 7 heteroatoms. The molecule has 0 bridgehead atoms. The summed E-state index contributed by atoms with van der Waals surface area (Å²) in [5, 5.41) is 10.0. The molecule has 1 heterocycles. The van der Waals surface area contributed by atoms with Crippen LogP contribution in [0.3, 0.4) is 0 Å². The van der Waals surface area contributed by atoms with Crippen LogP contribution in [0.15, 0.2) is 4.99 Å². The summed E-state index contributed by atoms with van der Waals surface area (Å²) in [6.07, 6.45) is 0. The highest BCUT2D eigenvalue weighted by Gasteiger charge is 2.05.